The second-order valence-electron chi connectivity index (χ2n) is 3.12. The molecule has 0 spiro atoms. The van der Waals surface area contributed by atoms with Crippen molar-refractivity contribution in [2.75, 3.05) is 0 Å². The third-order valence-electron chi connectivity index (χ3n) is 2.18. The summed E-state index contributed by atoms with van der Waals surface area (Å²) in [7, 11) is 0. The molecule has 4 nitrogen and oxygen atoms in total. The molecule has 0 saturated heterocycles. The molecular weight excluding hydrogens is 244 g/mol. The average molecular weight is 252 g/mol. The molecule has 0 aliphatic carbocycles. The van der Waals surface area contributed by atoms with Gasteiger partial charge in [-0.1, -0.05) is 6.07 Å². The average Bonchev–Trinajstić information content (AvgIpc) is 2.69. The summed E-state index contributed by atoms with van der Waals surface area (Å²) in [5.74, 6) is 0. The minimum absolute atomic E-state index is 0.280. The van der Waals surface area contributed by atoms with Gasteiger partial charge in [0.2, 0.25) is 11.3 Å². The number of rotatable bonds is 3. The summed E-state index contributed by atoms with van der Waals surface area (Å²) in [5, 5.41) is 11.7. The van der Waals surface area contributed by atoms with Crippen LogP contribution in [0.3, 0.4) is 0 Å². The van der Waals surface area contributed by atoms with E-state index < -0.39 is 11.3 Å². The van der Waals surface area contributed by atoms with Gasteiger partial charge in [-0.15, -0.1) is 11.3 Å². The molecule has 0 saturated carbocycles. The first kappa shape index (κ1) is 11.2. The van der Waals surface area contributed by atoms with E-state index in [4.69, 9.17) is 9.81 Å². The third kappa shape index (κ3) is 2.13. The van der Waals surface area contributed by atoms with Crippen LogP contribution in [0.2, 0.25) is 0 Å². The molecule has 0 aliphatic rings. The highest BCUT2D eigenvalue weighted by atomic mass is 32.2. The van der Waals surface area contributed by atoms with E-state index in [1.165, 1.54) is 11.3 Å². The summed E-state index contributed by atoms with van der Waals surface area (Å²) >= 11 is -0.506. The molecule has 1 aromatic heterocycles. The highest BCUT2D eigenvalue weighted by molar-refractivity contribution is 7.77. The van der Waals surface area contributed by atoms with Gasteiger partial charge in [0, 0.05) is 16.6 Å². The molecule has 0 fully saturated rings. The number of fused-ring (bicyclic) bond motifs is 1. The lowest BCUT2D eigenvalue weighted by molar-refractivity contribution is 0.549. The maximum absolute atomic E-state index is 10.5. The lowest BCUT2D eigenvalue weighted by Gasteiger charge is -2.00. The van der Waals surface area contributed by atoms with Crippen LogP contribution in [0.25, 0.3) is 10.1 Å². The summed E-state index contributed by atoms with van der Waals surface area (Å²) in [6.07, 6.45) is 0. The molecule has 0 radical (unpaired) electrons. The predicted molar refractivity (Wildman–Crippen MR) is 64.2 cm³/mol. The zero-order chi connectivity index (χ0) is 11.5. The molecule has 6 heteroatoms. The molecule has 82 valence electrons. The first-order chi connectivity index (χ1) is 7.72. The van der Waals surface area contributed by atoms with Crippen molar-refractivity contribution in [1.82, 2.24) is 4.72 Å². The lowest BCUT2D eigenvalue weighted by atomic mass is 10.1. The van der Waals surface area contributed by atoms with Crippen LogP contribution in [0, 0.1) is 11.3 Å². The van der Waals surface area contributed by atoms with Crippen LogP contribution >= 0.6 is 11.3 Å². The monoisotopic (exact) mass is 252 g/mol. The van der Waals surface area contributed by atoms with Crippen LogP contribution < -0.4 is 4.72 Å². The minimum atomic E-state index is -2.03. The fourth-order valence-electron chi connectivity index (χ4n) is 1.52. The van der Waals surface area contributed by atoms with Crippen molar-refractivity contribution >= 4 is 32.7 Å². The van der Waals surface area contributed by atoms with Crippen molar-refractivity contribution in [2.24, 2.45) is 0 Å². The van der Waals surface area contributed by atoms with Gasteiger partial charge < -0.3 is 0 Å². The van der Waals surface area contributed by atoms with Gasteiger partial charge in [0.15, 0.2) is 0 Å². The third-order valence-corrected chi connectivity index (χ3v) is 3.57. The van der Waals surface area contributed by atoms with Gasteiger partial charge in [-0.05, 0) is 23.1 Å². The molecule has 1 unspecified atom stereocenters. The number of hydrogen-bond donors (Lipinski definition) is 2. The molecule has 16 heavy (non-hydrogen) atoms. The Kier molecular flexibility index (Phi) is 3.31. The normalized spacial score (nSPS) is 12.5. The molecule has 0 bridgehead atoms. The maximum atomic E-state index is 10.5. The van der Waals surface area contributed by atoms with E-state index in [1.807, 2.05) is 17.5 Å². The van der Waals surface area contributed by atoms with Crippen molar-refractivity contribution in [3.8, 4) is 6.07 Å². The summed E-state index contributed by atoms with van der Waals surface area (Å²) in [6.45, 7) is 0.280. The van der Waals surface area contributed by atoms with E-state index in [9.17, 15) is 4.21 Å². The minimum Gasteiger partial charge on any atom is -0.294 e. The molecule has 2 rings (SSSR count). The number of benzene rings is 1. The second kappa shape index (κ2) is 4.72. The SMILES string of the molecule is N#Cc1cccc2scc(CNS(=O)O)c12. The van der Waals surface area contributed by atoms with E-state index in [-0.39, 0.29) is 6.54 Å². The first-order valence-electron chi connectivity index (χ1n) is 4.46. The van der Waals surface area contributed by atoms with Crippen molar-refractivity contribution in [2.45, 2.75) is 6.54 Å². The Morgan fingerprint density at radius 3 is 3.06 bits per heavy atom. The summed E-state index contributed by atoms with van der Waals surface area (Å²) < 4.78 is 22.6. The van der Waals surface area contributed by atoms with Gasteiger partial charge in [0.25, 0.3) is 0 Å². The van der Waals surface area contributed by atoms with Crippen LogP contribution in [-0.2, 0) is 17.8 Å². The van der Waals surface area contributed by atoms with Gasteiger partial charge in [-0.3, -0.25) is 4.55 Å². The molecule has 2 aromatic rings. The summed E-state index contributed by atoms with van der Waals surface area (Å²) in [4.78, 5) is 0. The highest BCUT2D eigenvalue weighted by Gasteiger charge is 2.08. The fraction of sp³-hybridized carbons (Fsp3) is 0.100. The topological polar surface area (TPSA) is 73.1 Å². The Balaban J connectivity index is 2.46. The standard InChI is InChI=1S/C10H8N2O2S2/c11-4-7-2-1-3-9-10(7)8(6-15-9)5-12-16(13)14/h1-3,6,12H,5H2,(H,13,14). The number of nitrogens with zero attached hydrogens (tertiary/aromatic N) is 1. The van der Waals surface area contributed by atoms with E-state index in [2.05, 4.69) is 10.8 Å². The van der Waals surface area contributed by atoms with Crippen molar-refractivity contribution in [3.63, 3.8) is 0 Å². The van der Waals surface area contributed by atoms with Gasteiger partial charge in [0.05, 0.1) is 11.6 Å². The number of nitrogens with one attached hydrogen (secondary N) is 1. The molecule has 1 aromatic carbocycles. The fourth-order valence-corrected chi connectivity index (χ4v) is 2.78. The predicted octanol–water partition coefficient (Wildman–Crippen LogP) is 2.00. The lowest BCUT2D eigenvalue weighted by Crippen LogP contribution is -2.15. The summed E-state index contributed by atoms with van der Waals surface area (Å²) in [6, 6.07) is 7.63. The van der Waals surface area contributed by atoms with E-state index >= 15 is 0 Å². The first-order valence-corrected chi connectivity index (χ1v) is 6.44. The van der Waals surface area contributed by atoms with Gasteiger partial charge in [-0.2, -0.15) is 5.26 Å². The Morgan fingerprint density at radius 1 is 1.56 bits per heavy atom. The van der Waals surface area contributed by atoms with Crippen LogP contribution in [0.15, 0.2) is 23.6 Å². The Bertz CT molecular complexity index is 586. The zero-order valence-electron chi connectivity index (χ0n) is 8.14. The van der Waals surface area contributed by atoms with Gasteiger partial charge in [-0.25, -0.2) is 8.93 Å². The maximum Gasteiger partial charge on any atom is 0.232 e. The molecule has 1 atom stereocenters. The van der Waals surface area contributed by atoms with E-state index in [1.54, 1.807) is 6.07 Å². The van der Waals surface area contributed by atoms with Gasteiger partial charge >= 0.3 is 0 Å². The molecule has 0 aliphatic heterocycles. The molecule has 2 N–H and O–H groups in total. The summed E-state index contributed by atoms with van der Waals surface area (Å²) in [5.41, 5.74) is 1.47. The largest absolute Gasteiger partial charge is 0.294 e. The molecular formula is C10H8N2O2S2. The van der Waals surface area contributed by atoms with Crippen LogP contribution in [0.4, 0.5) is 0 Å². The van der Waals surface area contributed by atoms with E-state index in [0.29, 0.717) is 5.56 Å². The Morgan fingerprint density at radius 2 is 2.38 bits per heavy atom. The number of nitriles is 1. The van der Waals surface area contributed by atoms with Crippen LogP contribution in [-0.4, -0.2) is 8.76 Å². The van der Waals surface area contributed by atoms with Crippen molar-refractivity contribution in [3.05, 3.63) is 34.7 Å². The highest BCUT2D eigenvalue weighted by Crippen LogP contribution is 2.28. The Labute approximate surface area is 98.9 Å². The zero-order valence-corrected chi connectivity index (χ0v) is 9.77. The Hall–Kier alpha value is -1.26. The number of thiophene rings is 1. The van der Waals surface area contributed by atoms with Crippen LogP contribution in [0.5, 0.6) is 0 Å². The second-order valence-corrected chi connectivity index (χ2v) is 4.82. The van der Waals surface area contributed by atoms with Gasteiger partial charge in [0.1, 0.15) is 0 Å². The molecule has 1 heterocycles. The van der Waals surface area contributed by atoms with Crippen molar-refractivity contribution in [1.29, 1.82) is 5.26 Å². The number of hydrogen-bond acceptors (Lipinski definition) is 3. The van der Waals surface area contributed by atoms with Crippen LogP contribution in [0.1, 0.15) is 11.1 Å². The smallest absolute Gasteiger partial charge is 0.232 e. The molecule has 0 amide bonds. The van der Waals surface area contributed by atoms with Crippen molar-refractivity contribution < 1.29 is 8.76 Å². The quantitative estimate of drug-likeness (QED) is 0.820. The van der Waals surface area contributed by atoms with E-state index in [0.717, 1.165) is 15.6 Å².